The third kappa shape index (κ3) is 5.42. The molecule has 1 amide bonds. The highest BCUT2D eigenvalue weighted by Gasteiger charge is 2.27. The Labute approximate surface area is 133 Å². The first-order valence-corrected chi connectivity index (χ1v) is 7.65. The second-order valence-electron chi connectivity index (χ2n) is 5.62. The molecule has 0 aromatic heterocycles. The molecule has 1 aromatic carbocycles. The van der Waals surface area contributed by atoms with E-state index in [-0.39, 0.29) is 19.1 Å². The van der Waals surface area contributed by atoms with Gasteiger partial charge in [-0.3, -0.25) is 4.79 Å². The molecular formula is C16H21F3N2O2. The summed E-state index contributed by atoms with van der Waals surface area (Å²) in [6, 6.07) is 5.33. The van der Waals surface area contributed by atoms with Crippen molar-refractivity contribution >= 4 is 11.6 Å². The molecular weight excluding hydrogens is 309 g/mol. The Morgan fingerprint density at radius 3 is 2.61 bits per heavy atom. The van der Waals surface area contributed by atoms with Crippen molar-refractivity contribution in [2.45, 2.75) is 25.9 Å². The number of alkyl halides is 3. The van der Waals surface area contributed by atoms with Crippen LogP contribution in [0.3, 0.4) is 0 Å². The van der Waals surface area contributed by atoms with Gasteiger partial charge in [-0.25, -0.2) is 0 Å². The molecule has 2 rings (SSSR count). The fraction of sp³-hybridized carbons (Fsp3) is 0.562. The monoisotopic (exact) mass is 330 g/mol. The van der Waals surface area contributed by atoms with Gasteiger partial charge >= 0.3 is 6.18 Å². The number of hydrogen-bond donors (Lipinski definition) is 1. The van der Waals surface area contributed by atoms with Gasteiger partial charge in [0.25, 0.3) is 5.91 Å². The summed E-state index contributed by atoms with van der Waals surface area (Å²) >= 11 is 0. The van der Waals surface area contributed by atoms with Crippen LogP contribution in [0.4, 0.5) is 18.9 Å². The molecule has 0 unspecified atom stereocenters. The summed E-state index contributed by atoms with van der Waals surface area (Å²) in [5.74, 6) is 0.0330. The van der Waals surface area contributed by atoms with Crippen molar-refractivity contribution in [3.05, 3.63) is 29.3 Å². The second kappa shape index (κ2) is 7.68. The summed E-state index contributed by atoms with van der Waals surface area (Å²) in [4.78, 5) is 14.1. The number of halogens is 3. The van der Waals surface area contributed by atoms with Crippen LogP contribution in [-0.2, 0) is 4.74 Å². The van der Waals surface area contributed by atoms with E-state index in [0.29, 0.717) is 5.56 Å². The Kier molecular flexibility index (Phi) is 5.87. The van der Waals surface area contributed by atoms with Crippen molar-refractivity contribution in [1.29, 1.82) is 0 Å². The summed E-state index contributed by atoms with van der Waals surface area (Å²) in [6.07, 6.45) is -2.21. The van der Waals surface area contributed by atoms with E-state index < -0.39 is 12.8 Å². The van der Waals surface area contributed by atoms with Gasteiger partial charge in [-0.2, -0.15) is 13.2 Å². The van der Waals surface area contributed by atoms with Crippen LogP contribution in [0.2, 0.25) is 0 Å². The zero-order valence-corrected chi connectivity index (χ0v) is 13.1. The number of hydrogen-bond acceptors (Lipinski definition) is 3. The van der Waals surface area contributed by atoms with E-state index in [4.69, 9.17) is 0 Å². The second-order valence-corrected chi connectivity index (χ2v) is 5.62. The van der Waals surface area contributed by atoms with E-state index in [2.05, 4.69) is 10.1 Å². The lowest BCUT2D eigenvalue weighted by molar-refractivity contribution is -0.172. The van der Waals surface area contributed by atoms with Crippen molar-refractivity contribution in [2.24, 2.45) is 0 Å². The van der Waals surface area contributed by atoms with Gasteiger partial charge in [-0.15, -0.1) is 0 Å². The van der Waals surface area contributed by atoms with Gasteiger partial charge in [0.2, 0.25) is 0 Å². The number of nitrogens with zero attached hydrogens (tertiary/aromatic N) is 1. The number of carbonyl (C=O) groups excluding carboxylic acids is 1. The molecule has 0 radical (unpaired) electrons. The summed E-state index contributed by atoms with van der Waals surface area (Å²) in [5, 5.41) is 3.02. The summed E-state index contributed by atoms with van der Waals surface area (Å²) in [7, 11) is 0. The van der Waals surface area contributed by atoms with Gasteiger partial charge in [0.15, 0.2) is 0 Å². The molecule has 1 saturated heterocycles. The van der Waals surface area contributed by atoms with Crippen LogP contribution in [0.1, 0.15) is 28.8 Å². The number of likely N-dealkylation sites (tertiary alicyclic amines) is 1. The summed E-state index contributed by atoms with van der Waals surface area (Å²) < 4.78 is 40.4. The smallest absolute Gasteiger partial charge is 0.383 e. The molecule has 4 nitrogen and oxygen atoms in total. The zero-order chi connectivity index (χ0) is 16.9. The molecule has 1 fully saturated rings. The minimum absolute atomic E-state index is 0.0330. The van der Waals surface area contributed by atoms with E-state index >= 15 is 0 Å². The zero-order valence-electron chi connectivity index (χ0n) is 13.1. The molecule has 1 aliphatic rings. The van der Waals surface area contributed by atoms with Crippen LogP contribution in [0.25, 0.3) is 0 Å². The van der Waals surface area contributed by atoms with E-state index in [1.807, 2.05) is 11.8 Å². The minimum Gasteiger partial charge on any atom is -0.383 e. The molecule has 1 aromatic rings. The highest BCUT2D eigenvalue weighted by Crippen LogP contribution is 2.19. The van der Waals surface area contributed by atoms with Crippen LogP contribution in [0.15, 0.2) is 18.2 Å². The van der Waals surface area contributed by atoms with Crippen LogP contribution in [0, 0.1) is 6.92 Å². The first-order valence-electron chi connectivity index (χ1n) is 7.65. The average molecular weight is 330 g/mol. The number of ether oxygens (including phenoxy) is 1. The van der Waals surface area contributed by atoms with E-state index in [0.717, 1.165) is 37.2 Å². The maximum atomic E-state index is 12.3. The van der Waals surface area contributed by atoms with Gasteiger partial charge in [0, 0.05) is 30.9 Å². The standard InChI is InChI=1S/C16H21F3N2O2/c1-12-10-13(15(22)21-7-2-3-8-21)4-5-14(12)20-6-9-23-11-16(17,18)19/h4-5,10,20H,2-3,6-9,11H2,1H3. The molecule has 7 heteroatoms. The Balaban J connectivity index is 1.83. The predicted molar refractivity (Wildman–Crippen MR) is 81.7 cm³/mol. The first-order chi connectivity index (χ1) is 10.9. The van der Waals surface area contributed by atoms with Crippen molar-refractivity contribution in [3.8, 4) is 0 Å². The number of aryl methyl sites for hydroxylation is 1. The fourth-order valence-electron chi connectivity index (χ4n) is 2.54. The molecule has 128 valence electrons. The van der Waals surface area contributed by atoms with Crippen LogP contribution >= 0.6 is 0 Å². The highest BCUT2D eigenvalue weighted by molar-refractivity contribution is 5.95. The number of carbonyl (C=O) groups is 1. The van der Waals surface area contributed by atoms with Gasteiger partial charge in [-0.05, 0) is 43.5 Å². The average Bonchev–Trinajstić information content (AvgIpc) is 3.00. The fourth-order valence-corrected chi connectivity index (χ4v) is 2.54. The Morgan fingerprint density at radius 1 is 1.30 bits per heavy atom. The van der Waals surface area contributed by atoms with Crippen LogP contribution in [0.5, 0.6) is 0 Å². The number of rotatable bonds is 6. The maximum Gasteiger partial charge on any atom is 0.411 e. The lowest BCUT2D eigenvalue weighted by atomic mass is 10.1. The first kappa shape index (κ1) is 17.6. The van der Waals surface area contributed by atoms with Gasteiger partial charge < -0.3 is 15.0 Å². The number of anilines is 1. The molecule has 1 heterocycles. The Bertz CT molecular complexity index is 541. The molecule has 1 N–H and O–H groups in total. The number of nitrogens with one attached hydrogen (secondary N) is 1. The third-order valence-corrected chi connectivity index (χ3v) is 3.69. The Hall–Kier alpha value is -1.76. The van der Waals surface area contributed by atoms with E-state index in [1.165, 1.54) is 0 Å². The number of benzene rings is 1. The van der Waals surface area contributed by atoms with E-state index in [1.54, 1.807) is 18.2 Å². The largest absolute Gasteiger partial charge is 0.411 e. The molecule has 0 spiro atoms. The van der Waals surface area contributed by atoms with Crippen LogP contribution < -0.4 is 5.32 Å². The normalized spacial score (nSPS) is 15.0. The topological polar surface area (TPSA) is 41.6 Å². The van der Waals surface area contributed by atoms with Crippen molar-refractivity contribution in [2.75, 3.05) is 38.2 Å². The lowest BCUT2D eigenvalue weighted by Crippen LogP contribution is -2.27. The molecule has 0 atom stereocenters. The third-order valence-electron chi connectivity index (χ3n) is 3.69. The van der Waals surface area contributed by atoms with E-state index in [9.17, 15) is 18.0 Å². The van der Waals surface area contributed by atoms with Crippen molar-refractivity contribution < 1.29 is 22.7 Å². The van der Waals surface area contributed by atoms with Crippen molar-refractivity contribution in [3.63, 3.8) is 0 Å². The summed E-state index contributed by atoms with van der Waals surface area (Å²) in [5.41, 5.74) is 2.31. The SMILES string of the molecule is Cc1cc(C(=O)N2CCCC2)ccc1NCCOCC(F)(F)F. The Morgan fingerprint density at radius 2 is 2.00 bits per heavy atom. The molecule has 0 saturated carbocycles. The molecule has 0 bridgehead atoms. The highest BCUT2D eigenvalue weighted by atomic mass is 19.4. The van der Waals surface area contributed by atoms with Gasteiger partial charge in [0.1, 0.15) is 6.61 Å². The quantitative estimate of drug-likeness (QED) is 0.814. The molecule has 0 aliphatic carbocycles. The van der Waals surface area contributed by atoms with Crippen LogP contribution in [-0.4, -0.2) is 49.8 Å². The van der Waals surface area contributed by atoms with Gasteiger partial charge in [-0.1, -0.05) is 0 Å². The van der Waals surface area contributed by atoms with Crippen molar-refractivity contribution in [1.82, 2.24) is 4.90 Å². The van der Waals surface area contributed by atoms with Gasteiger partial charge in [0.05, 0.1) is 6.61 Å². The predicted octanol–water partition coefficient (Wildman–Crippen LogP) is 3.22. The lowest BCUT2D eigenvalue weighted by Gasteiger charge is -2.17. The molecule has 1 aliphatic heterocycles. The number of amides is 1. The summed E-state index contributed by atoms with van der Waals surface area (Å²) in [6.45, 7) is 2.46. The maximum absolute atomic E-state index is 12.3. The minimum atomic E-state index is -4.30. The molecule has 23 heavy (non-hydrogen) atoms.